The number of carbonyl (C=O) groups is 2. The average Bonchev–Trinajstić information content (AvgIpc) is 2.78. The fourth-order valence-corrected chi connectivity index (χ4v) is 2.88. The van der Waals surface area contributed by atoms with Gasteiger partial charge in [0.25, 0.3) is 0 Å². The van der Waals surface area contributed by atoms with Crippen molar-refractivity contribution in [1.29, 1.82) is 0 Å². The van der Waals surface area contributed by atoms with Crippen molar-refractivity contribution in [3.8, 4) is 11.5 Å². The van der Waals surface area contributed by atoms with Gasteiger partial charge in [-0.2, -0.15) is 0 Å². The van der Waals surface area contributed by atoms with Gasteiger partial charge < -0.3 is 18.9 Å². The highest BCUT2D eigenvalue weighted by atomic mass is 16.6. The van der Waals surface area contributed by atoms with Crippen LogP contribution < -0.4 is 14.4 Å². The zero-order valence-corrected chi connectivity index (χ0v) is 18.8. The second-order valence-electron chi connectivity index (χ2n) is 7.34. The van der Waals surface area contributed by atoms with E-state index in [1.165, 1.54) is 4.90 Å². The Morgan fingerprint density at radius 2 is 1.68 bits per heavy atom. The number of benzene rings is 2. The van der Waals surface area contributed by atoms with Crippen molar-refractivity contribution in [2.75, 3.05) is 32.3 Å². The Morgan fingerprint density at radius 3 is 2.26 bits per heavy atom. The van der Waals surface area contributed by atoms with Gasteiger partial charge in [0, 0.05) is 17.8 Å². The van der Waals surface area contributed by atoms with Crippen molar-refractivity contribution >= 4 is 17.7 Å². The van der Waals surface area contributed by atoms with Crippen LogP contribution in [0.4, 0.5) is 10.5 Å². The number of rotatable bonds is 10. The molecule has 0 aliphatic carbocycles. The van der Waals surface area contributed by atoms with E-state index in [-0.39, 0.29) is 12.6 Å². The first kappa shape index (κ1) is 24.1. The summed E-state index contributed by atoms with van der Waals surface area (Å²) in [6.45, 7) is 6.83. The largest absolute Gasteiger partial charge is 0.497 e. The zero-order chi connectivity index (χ0) is 22.8. The summed E-state index contributed by atoms with van der Waals surface area (Å²) in [6.07, 6.45) is 0.316. The molecule has 0 aliphatic rings. The molecule has 0 bridgehead atoms. The average molecular weight is 430 g/mol. The van der Waals surface area contributed by atoms with Gasteiger partial charge in [-0.1, -0.05) is 13.8 Å². The molecule has 0 heterocycles. The first-order valence-electron chi connectivity index (χ1n) is 10.3. The van der Waals surface area contributed by atoms with Crippen LogP contribution in [0.5, 0.6) is 11.5 Å². The molecule has 0 spiro atoms. The molecule has 0 fully saturated rings. The van der Waals surface area contributed by atoms with E-state index in [0.29, 0.717) is 47.4 Å². The van der Waals surface area contributed by atoms with E-state index in [0.717, 1.165) is 6.42 Å². The summed E-state index contributed by atoms with van der Waals surface area (Å²) in [7, 11) is 3.13. The summed E-state index contributed by atoms with van der Waals surface area (Å²) in [6, 6.07) is 12.0. The highest BCUT2D eigenvalue weighted by Crippen LogP contribution is 2.25. The lowest BCUT2D eigenvalue weighted by Crippen LogP contribution is -2.31. The van der Waals surface area contributed by atoms with Crippen LogP contribution >= 0.6 is 0 Å². The van der Waals surface area contributed by atoms with Crippen molar-refractivity contribution in [2.24, 2.45) is 5.92 Å². The van der Waals surface area contributed by atoms with Gasteiger partial charge in [-0.15, -0.1) is 0 Å². The van der Waals surface area contributed by atoms with Crippen molar-refractivity contribution in [3.05, 3.63) is 53.6 Å². The number of hydrogen-bond acceptors (Lipinski definition) is 6. The van der Waals surface area contributed by atoms with Crippen LogP contribution in [0.2, 0.25) is 0 Å². The summed E-state index contributed by atoms with van der Waals surface area (Å²) < 4.78 is 21.3. The number of carbonyl (C=O) groups excluding carboxylic acids is 2. The van der Waals surface area contributed by atoms with Crippen molar-refractivity contribution in [2.45, 2.75) is 33.8 Å². The highest BCUT2D eigenvalue weighted by molar-refractivity contribution is 5.91. The Hall–Kier alpha value is -3.22. The molecule has 2 rings (SSSR count). The van der Waals surface area contributed by atoms with E-state index in [9.17, 15) is 9.59 Å². The lowest BCUT2D eigenvalue weighted by atomic mass is 10.1. The predicted octanol–water partition coefficient (Wildman–Crippen LogP) is 5.07. The van der Waals surface area contributed by atoms with E-state index in [1.807, 2.05) is 6.92 Å². The monoisotopic (exact) mass is 429 g/mol. The summed E-state index contributed by atoms with van der Waals surface area (Å²) in [5.74, 6) is 1.35. The number of nitrogens with zero attached hydrogens (tertiary/aromatic N) is 1. The maximum absolute atomic E-state index is 12.7. The lowest BCUT2D eigenvalue weighted by molar-refractivity contribution is 0.0488. The fraction of sp³-hybridized carbons (Fsp3) is 0.417. The Morgan fingerprint density at radius 1 is 0.968 bits per heavy atom. The molecular weight excluding hydrogens is 398 g/mol. The first-order valence-corrected chi connectivity index (χ1v) is 10.3. The van der Waals surface area contributed by atoms with Crippen LogP contribution in [0, 0.1) is 5.92 Å². The van der Waals surface area contributed by atoms with Gasteiger partial charge in [-0.05, 0) is 61.7 Å². The molecule has 0 atom stereocenters. The first-order chi connectivity index (χ1) is 14.9. The summed E-state index contributed by atoms with van der Waals surface area (Å²) in [4.78, 5) is 26.3. The lowest BCUT2D eigenvalue weighted by Gasteiger charge is -2.21. The van der Waals surface area contributed by atoms with Crippen LogP contribution in [-0.4, -0.2) is 39.4 Å². The van der Waals surface area contributed by atoms with E-state index >= 15 is 0 Å². The number of ether oxygens (including phenoxy) is 4. The quantitative estimate of drug-likeness (QED) is 0.491. The molecule has 2 aromatic carbocycles. The van der Waals surface area contributed by atoms with Crippen molar-refractivity contribution in [3.63, 3.8) is 0 Å². The maximum Gasteiger partial charge on any atom is 0.414 e. The standard InChI is InChI=1S/C24H31NO6/c1-6-25(20-9-7-18(8-10-20)23(26)30-14-13-17(2)3)24(27)31-16-19-15-21(28-4)11-12-22(19)29-5/h7-12,15,17H,6,13-14,16H2,1-5H3. The molecule has 1 amide bonds. The van der Waals surface area contributed by atoms with Gasteiger partial charge in [0.05, 0.1) is 26.4 Å². The number of esters is 1. The van der Waals surface area contributed by atoms with Gasteiger partial charge in [-0.3, -0.25) is 4.90 Å². The Bertz CT molecular complexity index is 863. The summed E-state index contributed by atoms with van der Waals surface area (Å²) >= 11 is 0. The molecule has 0 aliphatic heterocycles. The number of methoxy groups -OCH3 is 2. The molecule has 0 saturated carbocycles. The molecule has 0 saturated heterocycles. The fourth-order valence-electron chi connectivity index (χ4n) is 2.88. The molecule has 168 valence electrons. The van der Waals surface area contributed by atoms with E-state index in [2.05, 4.69) is 13.8 Å². The smallest absolute Gasteiger partial charge is 0.414 e. The molecule has 0 aromatic heterocycles. The van der Waals surface area contributed by atoms with Crippen LogP contribution in [0.25, 0.3) is 0 Å². The molecule has 0 radical (unpaired) electrons. The van der Waals surface area contributed by atoms with Gasteiger partial charge in [0.15, 0.2) is 0 Å². The van der Waals surface area contributed by atoms with Crippen LogP contribution in [0.1, 0.15) is 43.1 Å². The van der Waals surface area contributed by atoms with Gasteiger partial charge >= 0.3 is 12.1 Å². The minimum atomic E-state index is -0.500. The van der Waals surface area contributed by atoms with Crippen molar-refractivity contribution in [1.82, 2.24) is 0 Å². The van der Waals surface area contributed by atoms with Crippen LogP contribution in [0.3, 0.4) is 0 Å². The second-order valence-corrected chi connectivity index (χ2v) is 7.34. The Balaban J connectivity index is 2.01. The van der Waals surface area contributed by atoms with Gasteiger partial charge in [-0.25, -0.2) is 9.59 Å². The molecule has 2 aromatic rings. The molecule has 0 unspecified atom stereocenters. The topological polar surface area (TPSA) is 74.3 Å². The third-order valence-corrected chi connectivity index (χ3v) is 4.72. The Kier molecular flexibility index (Phi) is 9.18. The molecule has 0 N–H and O–H groups in total. The van der Waals surface area contributed by atoms with E-state index in [4.69, 9.17) is 18.9 Å². The van der Waals surface area contributed by atoms with Crippen LogP contribution in [0.15, 0.2) is 42.5 Å². The van der Waals surface area contributed by atoms with E-state index < -0.39 is 6.09 Å². The van der Waals surface area contributed by atoms with Gasteiger partial charge in [0.2, 0.25) is 0 Å². The number of hydrogen-bond donors (Lipinski definition) is 0. The Labute approximate surface area is 183 Å². The van der Waals surface area contributed by atoms with Crippen molar-refractivity contribution < 1.29 is 28.5 Å². The minimum Gasteiger partial charge on any atom is -0.497 e. The third kappa shape index (κ3) is 6.91. The number of amides is 1. The predicted molar refractivity (Wildman–Crippen MR) is 119 cm³/mol. The third-order valence-electron chi connectivity index (χ3n) is 4.72. The molecule has 7 heteroatoms. The van der Waals surface area contributed by atoms with Gasteiger partial charge in [0.1, 0.15) is 18.1 Å². The minimum absolute atomic E-state index is 0.0377. The SMILES string of the molecule is CCN(C(=O)OCc1cc(OC)ccc1OC)c1ccc(C(=O)OCCC(C)C)cc1. The second kappa shape index (κ2) is 11.8. The zero-order valence-electron chi connectivity index (χ0n) is 18.8. The molecule has 31 heavy (non-hydrogen) atoms. The number of anilines is 1. The summed E-state index contributed by atoms with van der Waals surface area (Å²) in [5, 5.41) is 0. The summed E-state index contributed by atoms with van der Waals surface area (Å²) in [5.41, 5.74) is 1.77. The van der Waals surface area contributed by atoms with Crippen LogP contribution in [-0.2, 0) is 16.1 Å². The molecule has 7 nitrogen and oxygen atoms in total. The normalized spacial score (nSPS) is 10.5. The van der Waals surface area contributed by atoms with E-state index in [1.54, 1.807) is 56.7 Å². The maximum atomic E-state index is 12.7. The molecular formula is C24H31NO6. The highest BCUT2D eigenvalue weighted by Gasteiger charge is 2.18.